The number of hydrogen-bond acceptors (Lipinski definition) is 6. The number of nitro benzene ring substituents is 1. The summed E-state index contributed by atoms with van der Waals surface area (Å²) >= 11 is 0. The molecule has 9 heteroatoms. The maximum atomic E-state index is 12.9. The summed E-state index contributed by atoms with van der Waals surface area (Å²) in [5.41, 5.74) is 0.251. The van der Waals surface area contributed by atoms with Crippen LogP contribution in [0.3, 0.4) is 0 Å². The molecule has 138 valence electrons. The largest absolute Gasteiger partial charge is 0.467 e. The van der Waals surface area contributed by atoms with Crippen molar-refractivity contribution in [3.8, 4) is 17.2 Å². The van der Waals surface area contributed by atoms with Crippen molar-refractivity contribution in [3.05, 3.63) is 52.1 Å². The lowest BCUT2D eigenvalue weighted by molar-refractivity contribution is -0.385. The van der Waals surface area contributed by atoms with E-state index < -0.39 is 10.6 Å². The SMILES string of the molecule is C[C@@]12C[C@@H](NC(=O)N1c1ccc3c(c1)OCO3)c1cc([N+](=O)[O-])ccc1O2. The first-order valence-corrected chi connectivity index (χ1v) is 8.42. The Morgan fingerprint density at radius 3 is 2.78 bits per heavy atom. The Morgan fingerprint density at radius 1 is 1.19 bits per heavy atom. The van der Waals surface area contributed by atoms with Gasteiger partial charge >= 0.3 is 6.03 Å². The molecule has 5 rings (SSSR count). The Morgan fingerprint density at radius 2 is 1.96 bits per heavy atom. The standard InChI is InChI=1S/C18H15N3O6/c1-18-8-13(12-6-11(21(23)24)3-4-14(12)27-18)19-17(22)20(18)10-2-5-15-16(7-10)26-9-25-15/h2-7,13H,8-9H2,1H3,(H,19,22)/t13-,18-/m1/s1. The van der Waals surface area contributed by atoms with E-state index in [-0.39, 0.29) is 24.6 Å². The molecule has 1 fully saturated rings. The number of fused-ring (bicyclic) bond motifs is 5. The first-order valence-electron chi connectivity index (χ1n) is 8.42. The van der Waals surface area contributed by atoms with Crippen molar-refractivity contribution in [1.29, 1.82) is 0 Å². The van der Waals surface area contributed by atoms with Crippen molar-refractivity contribution in [2.75, 3.05) is 11.7 Å². The highest BCUT2D eigenvalue weighted by Gasteiger charge is 2.50. The van der Waals surface area contributed by atoms with Crippen molar-refractivity contribution in [2.24, 2.45) is 0 Å². The monoisotopic (exact) mass is 369 g/mol. The van der Waals surface area contributed by atoms with Gasteiger partial charge in [-0.25, -0.2) is 4.79 Å². The number of carbonyl (C=O) groups is 1. The number of nitro groups is 1. The van der Waals surface area contributed by atoms with E-state index in [1.54, 1.807) is 24.3 Å². The van der Waals surface area contributed by atoms with E-state index >= 15 is 0 Å². The summed E-state index contributed by atoms with van der Waals surface area (Å²) in [7, 11) is 0. The van der Waals surface area contributed by atoms with E-state index in [1.165, 1.54) is 17.0 Å². The molecule has 0 unspecified atom stereocenters. The van der Waals surface area contributed by atoms with Crippen LogP contribution in [0.25, 0.3) is 0 Å². The molecule has 1 N–H and O–H groups in total. The summed E-state index contributed by atoms with van der Waals surface area (Å²) in [5, 5.41) is 14.0. The van der Waals surface area contributed by atoms with Gasteiger partial charge in [-0.05, 0) is 25.1 Å². The van der Waals surface area contributed by atoms with Crippen LogP contribution in [0.5, 0.6) is 17.2 Å². The first kappa shape index (κ1) is 15.7. The van der Waals surface area contributed by atoms with Crippen LogP contribution in [-0.2, 0) is 0 Å². The normalized spacial score (nSPS) is 24.7. The second kappa shape index (κ2) is 5.26. The minimum Gasteiger partial charge on any atom is -0.467 e. The fraction of sp³-hybridized carbons (Fsp3) is 0.278. The Hall–Kier alpha value is -3.49. The van der Waals surface area contributed by atoms with Crippen molar-refractivity contribution in [2.45, 2.75) is 25.1 Å². The van der Waals surface area contributed by atoms with Gasteiger partial charge in [-0.2, -0.15) is 0 Å². The zero-order valence-electron chi connectivity index (χ0n) is 14.3. The quantitative estimate of drug-likeness (QED) is 0.644. The molecule has 2 atom stereocenters. The number of ether oxygens (including phenoxy) is 3. The molecule has 3 aliphatic rings. The predicted octanol–water partition coefficient (Wildman–Crippen LogP) is 3.09. The lowest BCUT2D eigenvalue weighted by Gasteiger charge is -2.50. The van der Waals surface area contributed by atoms with Gasteiger partial charge in [-0.15, -0.1) is 0 Å². The van der Waals surface area contributed by atoms with Gasteiger partial charge in [-0.3, -0.25) is 15.0 Å². The number of benzene rings is 2. The second-order valence-corrected chi connectivity index (χ2v) is 6.84. The molecule has 0 aromatic heterocycles. The molecule has 3 heterocycles. The third kappa shape index (κ3) is 2.28. The average molecular weight is 369 g/mol. The summed E-state index contributed by atoms with van der Waals surface area (Å²) in [5.74, 6) is 1.71. The Balaban J connectivity index is 1.56. The smallest absolute Gasteiger partial charge is 0.325 e. The van der Waals surface area contributed by atoms with Crippen LogP contribution in [0, 0.1) is 10.1 Å². The van der Waals surface area contributed by atoms with Crippen LogP contribution >= 0.6 is 0 Å². The van der Waals surface area contributed by atoms with Crippen LogP contribution in [-0.4, -0.2) is 23.5 Å². The van der Waals surface area contributed by atoms with Crippen molar-refractivity contribution < 1.29 is 23.9 Å². The van der Waals surface area contributed by atoms with Crippen LogP contribution in [0.4, 0.5) is 16.2 Å². The number of urea groups is 1. The average Bonchev–Trinajstić information content (AvgIpc) is 3.08. The lowest BCUT2D eigenvalue weighted by Crippen LogP contribution is -2.65. The summed E-state index contributed by atoms with van der Waals surface area (Å²) in [6.45, 7) is 1.97. The van der Waals surface area contributed by atoms with Gasteiger partial charge in [0.25, 0.3) is 5.69 Å². The Kier molecular flexibility index (Phi) is 3.06. The van der Waals surface area contributed by atoms with Gasteiger partial charge in [-0.1, -0.05) is 0 Å². The van der Waals surface area contributed by atoms with Crippen LogP contribution < -0.4 is 24.4 Å². The van der Waals surface area contributed by atoms with E-state index in [4.69, 9.17) is 14.2 Å². The summed E-state index contributed by atoms with van der Waals surface area (Å²) < 4.78 is 16.9. The fourth-order valence-corrected chi connectivity index (χ4v) is 3.89. The van der Waals surface area contributed by atoms with Gasteiger partial charge in [0.05, 0.1) is 16.7 Å². The zero-order valence-corrected chi connectivity index (χ0v) is 14.3. The second-order valence-electron chi connectivity index (χ2n) is 6.84. The molecular weight excluding hydrogens is 354 g/mol. The predicted molar refractivity (Wildman–Crippen MR) is 93.1 cm³/mol. The van der Waals surface area contributed by atoms with E-state index in [0.717, 1.165) is 0 Å². The topological polar surface area (TPSA) is 103 Å². The number of non-ortho nitro benzene ring substituents is 1. The van der Waals surface area contributed by atoms with Gasteiger partial charge in [0.1, 0.15) is 5.75 Å². The number of amides is 2. The number of anilines is 1. The highest BCUT2D eigenvalue weighted by Crippen LogP contribution is 2.47. The van der Waals surface area contributed by atoms with E-state index in [9.17, 15) is 14.9 Å². The van der Waals surface area contributed by atoms with Crippen molar-refractivity contribution in [3.63, 3.8) is 0 Å². The molecular formula is C18H15N3O6. The fourth-order valence-electron chi connectivity index (χ4n) is 3.89. The van der Waals surface area contributed by atoms with Gasteiger partial charge < -0.3 is 19.5 Å². The number of nitrogens with zero attached hydrogens (tertiary/aromatic N) is 2. The minimum absolute atomic E-state index is 0.0339. The highest BCUT2D eigenvalue weighted by molar-refractivity contribution is 5.95. The molecule has 2 aromatic carbocycles. The number of carbonyl (C=O) groups excluding carboxylic acids is 1. The summed E-state index contributed by atoms with van der Waals surface area (Å²) in [6.07, 6.45) is 0.446. The summed E-state index contributed by atoms with van der Waals surface area (Å²) in [6, 6.07) is 8.98. The molecule has 2 amide bonds. The van der Waals surface area contributed by atoms with Crippen molar-refractivity contribution >= 4 is 17.4 Å². The number of rotatable bonds is 2. The number of nitrogens with one attached hydrogen (secondary N) is 1. The van der Waals surface area contributed by atoms with Crippen LogP contribution in [0.2, 0.25) is 0 Å². The molecule has 0 spiro atoms. The van der Waals surface area contributed by atoms with E-state index in [1.807, 2.05) is 6.92 Å². The van der Waals surface area contributed by atoms with Gasteiger partial charge in [0.15, 0.2) is 17.2 Å². The van der Waals surface area contributed by atoms with Crippen LogP contribution in [0.15, 0.2) is 36.4 Å². The third-order valence-electron chi connectivity index (χ3n) is 5.08. The van der Waals surface area contributed by atoms with Crippen LogP contribution in [0.1, 0.15) is 24.9 Å². The van der Waals surface area contributed by atoms with E-state index in [0.29, 0.717) is 34.9 Å². The lowest BCUT2D eigenvalue weighted by atomic mass is 9.90. The Labute approximate surface area is 153 Å². The molecule has 9 nitrogen and oxygen atoms in total. The van der Waals surface area contributed by atoms with Gasteiger partial charge in [0.2, 0.25) is 6.79 Å². The maximum absolute atomic E-state index is 12.9. The first-order chi connectivity index (χ1) is 12.9. The molecule has 27 heavy (non-hydrogen) atoms. The van der Waals surface area contributed by atoms with Crippen molar-refractivity contribution in [1.82, 2.24) is 5.32 Å². The minimum atomic E-state index is -0.941. The molecule has 0 saturated carbocycles. The molecule has 1 saturated heterocycles. The Bertz CT molecular complexity index is 993. The molecule has 2 aromatic rings. The van der Waals surface area contributed by atoms with E-state index in [2.05, 4.69) is 5.32 Å². The molecule has 0 aliphatic carbocycles. The molecule has 3 aliphatic heterocycles. The highest BCUT2D eigenvalue weighted by atomic mass is 16.7. The molecule has 0 radical (unpaired) electrons. The maximum Gasteiger partial charge on any atom is 0.325 e. The van der Waals surface area contributed by atoms with Gasteiger partial charge in [0, 0.05) is 30.2 Å². The third-order valence-corrected chi connectivity index (χ3v) is 5.08. The summed E-state index contributed by atoms with van der Waals surface area (Å²) in [4.78, 5) is 25.0. The zero-order chi connectivity index (χ0) is 18.8. The number of hydrogen-bond donors (Lipinski definition) is 1. The molecule has 2 bridgehead atoms.